The first-order valence-corrected chi connectivity index (χ1v) is 5.83. The molecule has 2 rings (SSSR count). The van der Waals surface area contributed by atoms with Crippen LogP contribution in [0.5, 0.6) is 0 Å². The van der Waals surface area contributed by atoms with Gasteiger partial charge in [0.2, 0.25) is 0 Å². The Hall–Kier alpha value is -2.18. The second-order valence-electron chi connectivity index (χ2n) is 4.67. The highest BCUT2D eigenvalue weighted by Gasteiger charge is 2.42. The number of esters is 2. The molecule has 2 unspecified atom stereocenters. The van der Waals surface area contributed by atoms with Gasteiger partial charge in [-0.2, -0.15) is 0 Å². The van der Waals surface area contributed by atoms with Crippen molar-refractivity contribution in [3.63, 3.8) is 0 Å². The van der Waals surface area contributed by atoms with Crippen LogP contribution in [0, 0.1) is 11.8 Å². The fourth-order valence-electron chi connectivity index (χ4n) is 2.62. The van der Waals surface area contributed by atoms with Gasteiger partial charge in [0.05, 0.1) is 12.3 Å². The molecule has 1 fully saturated rings. The average molecular weight is 268 g/mol. The van der Waals surface area contributed by atoms with E-state index in [1.807, 2.05) is 0 Å². The van der Waals surface area contributed by atoms with Crippen LogP contribution < -0.4 is 0 Å². The van der Waals surface area contributed by atoms with Gasteiger partial charge >= 0.3 is 23.9 Å². The Bertz CT molecular complexity index is 502. The van der Waals surface area contributed by atoms with Gasteiger partial charge in [-0.15, -0.1) is 0 Å². The summed E-state index contributed by atoms with van der Waals surface area (Å²) in [5, 5.41) is 18.0. The summed E-state index contributed by atoms with van der Waals surface area (Å²) in [6, 6.07) is 0. The molecular formula is C12H12O7. The molecule has 1 aliphatic heterocycles. The lowest BCUT2D eigenvalue weighted by atomic mass is 9.76. The number of ether oxygens (including phenoxy) is 1. The van der Waals surface area contributed by atoms with Crippen molar-refractivity contribution in [3.8, 4) is 0 Å². The van der Waals surface area contributed by atoms with Gasteiger partial charge in [-0.05, 0) is 25.2 Å². The second kappa shape index (κ2) is 4.83. The molecule has 0 aromatic carbocycles. The highest BCUT2D eigenvalue weighted by molar-refractivity contribution is 5.99. The van der Waals surface area contributed by atoms with Gasteiger partial charge in [0.15, 0.2) is 0 Å². The molecule has 1 aliphatic carbocycles. The molecule has 2 atom stereocenters. The maximum absolute atomic E-state index is 11.5. The Morgan fingerprint density at radius 3 is 2.16 bits per heavy atom. The van der Waals surface area contributed by atoms with Crippen molar-refractivity contribution in [2.45, 2.75) is 25.7 Å². The summed E-state index contributed by atoms with van der Waals surface area (Å²) in [4.78, 5) is 44.5. The molecule has 102 valence electrons. The molecule has 7 heteroatoms. The first-order chi connectivity index (χ1) is 8.90. The highest BCUT2D eigenvalue weighted by Crippen LogP contribution is 2.38. The van der Waals surface area contributed by atoms with Gasteiger partial charge in [0.25, 0.3) is 0 Å². The van der Waals surface area contributed by atoms with Crippen molar-refractivity contribution in [2.24, 2.45) is 11.8 Å². The Morgan fingerprint density at radius 2 is 1.68 bits per heavy atom. The van der Waals surface area contributed by atoms with E-state index in [0.29, 0.717) is 6.42 Å². The number of hydrogen-bond donors (Lipinski definition) is 2. The molecule has 0 aromatic heterocycles. The van der Waals surface area contributed by atoms with Crippen LogP contribution in [0.4, 0.5) is 0 Å². The summed E-state index contributed by atoms with van der Waals surface area (Å²) in [7, 11) is 0. The van der Waals surface area contributed by atoms with Crippen molar-refractivity contribution in [1.29, 1.82) is 0 Å². The Balaban J connectivity index is 2.22. The van der Waals surface area contributed by atoms with E-state index in [-0.39, 0.29) is 36.3 Å². The summed E-state index contributed by atoms with van der Waals surface area (Å²) >= 11 is 0. The zero-order valence-corrected chi connectivity index (χ0v) is 9.92. The number of rotatable bonds is 3. The van der Waals surface area contributed by atoms with Crippen LogP contribution in [0.1, 0.15) is 25.7 Å². The summed E-state index contributed by atoms with van der Waals surface area (Å²) < 4.78 is 4.44. The molecule has 19 heavy (non-hydrogen) atoms. The molecular weight excluding hydrogens is 256 g/mol. The maximum atomic E-state index is 11.5. The molecule has 0 aromatic rings. The van der Waals surface area contributed by atoms with Crippen LogP contribution in [-0.4, -0.2) is 34.1 Å². The molecule has 0 bridgehead atoms. The fraction of sp³-hybridized carbons (Fsp3) is 0.500. The predicted molar refractivity (Wildman–Crippen MR) is 58.8 cm³/mol. The minimum Gasteiger partial charge on any atom is -0.478 e. The van der Waals surface area contributed by atoms with E-state index in [1.54, 1.807) is 0 Å². The summed E-state index contributed by atoms with van der Waals surface area (Å²) in [5.41, 5.74) is -0.308. The predicted octanol–water partition coefficient (Wildman–Crippen LogP) is 0.342. The molecule has 7 nitrogen and oxygen atoms in total. The molecule has 2 aliphatic rings. The smallest absolute Gasteiger partial charge is 0.332 e. The van der Waals surface area contributed by atoms with Crippen LogP contribution in [0.3, 0.4) is 0 Å². The minimum absolute atomic E-state index is 0.0238. The van der Waals surface area contributed by atoms with Gasteiger partial charge in [-0.3, -0.25) is 9.59 Å². The summed E-state index contributed by atoms with van der Waals surface area (Å²) in [5.74, 6) is -4.80. The van der Waals surface area contributed by atoms with Gasteiger partial charge in [-0.1, -0.05) is 0 Å². The topological polar surface area (TPSA) is 118 Å². The monoisotopic (exact) mass is 268 g/mol. The number of carbonyl (C=O) groups excluding carboxylic acids is 2. The first-order valence-electron chi connectivity index (χ1n) is 5.83. The number of hydrogen-bond acceptors (Lipinski definition) is 5. The van der Waals surface area contributed by atoms with Crippen LogP contribution in [-0.2, 0) is 23.9 Å². The maximum Gasteiger partial charge on any atom is 0.332 e. The highest BCUT2D eigenvalue weighted by atomic mass is 16.6. The zero-order chi connectivity index (χ0) is 14.2. The largest absolute Gasteiger partial charge is 0.478 e. The quantitative estimate of drug-likeness (QED) is 0.559. The normalized spacial score (nSPS) is 27.4. The van der Waals surface area contributed by atoms with Crippen LogP contribution in [0.2, 0.25) is 0 Å². The SMILES string of the molecule is O=C1CC(C2CCC(C(=O)O)=C(C(=O)O)C2)C(=O)O1. The third-order valence-electron chi connectivity index (χ3n) is 3.58. The van der Waals surface area contributed by atoms with Crippen molar-refractivity contribution in [2.75, 3.05) is 0 Å². The van der Waals surface area contributed by atoms with Crippen LogP contribution in [0.25, 0.3) is 0 Å². The molecule has 0 radical (unpaired) electrons. The summed E-state index contributed by atoms with van der Waals surface area (Å²) in [6.07, 6.45) is 0.369. The van der Waals surface area contributed by atoms with Gasteiger partial charge < -0.3 is 14.9 Å². The van der Waals surface area contributed by atoms with Gasteiger partial charge in [0, 0.05) is 11.1 Å². The van der Waals surface area contributed by atoms with E-state index in [0.717, 1.165) is 0 Å². The molecule has 2 N–H and O–H groups in total. The Morgan fingerprint density at radius 1 is 1.05 bits per heavy atom. The number of aliphatic carboxylic acids is 2. The van der Waals surface area contributed by atoms with Gasteiger partial charge in [-0.25, -0.2) is 9.59 Å². The van der Waals surface area contributed by atoms with E-state index in [4.69, 9.17) is 10.2 Å². The lowest BCUT2D eigenvalue weighted by Gasteiger charge is -2.26. The van der Waals surface area contributed by atoms with Crippen molar-refractivity contribution >= 4 is 23.9 Å². The lowest BCUT2D eigenvalue weighted by molar-refractivity contribution is -0.153. The van der Waals surface area contributed by atoms with Crippen LogP contribution >= 0.6 is 0 Å². The Kier molecular flexibility index (Phi) is 3.37. The van der Waals surface area contributed by atoms with Crippen molar-refractivity contribution < 1.29 is 34.1 Å². The van der Waals surface area contributed by atoms with Crippen LogP contribution in [0.15, 0.2) is 11.1 Å². The van der Waals surface area contributed by atoms with Crippen molar-refractivity contribution in [3.05, 3.63) is 11.1 Å². The lowest BCUT2D eigenvalue weighted by Crippen LogP contribution is -2.27. The second-order valence-corrected chi connectivity index (χ2v) is 4.67. The van der Waals surface area contributed by atoms with E-state index < -0.39 is 29.8 Å². The number of carboxylic acid groups (broad SMARTS) is 2. The van der Waals surface area contributed by atoms with Gasteiger partial charge in [0.1, 0.15) is 0 Å². The van der Waals surface area contributed by atoms with E-state index >= 15 is 0 Å². The molecule has 0 saturated carbocycles. The fourth-order valence-corrected chi connectivity index (χ4v) is 2.62. The minimum atomic E-state index is -1.29. The number of carboxylic acids is 2. The molecule has 0 spiro atoms. The Labute approximate surface area is 107 Å². The number of cyclic esters (lactones) is 2. The number of carbonyl (C=O) groups is 4. The summed E-state index contributed by atoms with van der Waals surface area (Å²) in [6.45, 7) is 0. The van der Waals surface area contributed by atoms with E-state index in [2.05, 4.69) is 4.74 Å². The molecule has 1 saturated heterocycles. The standard InChI is InChI=1S/C12H12O7/c13-9-4-7(12(18)19-9)5-1-2-6(10(14)15)8(3-5)11(16)17/h5,7H,1-4H2,(H,14,15)(H,16,17). The third kappa shape index (κ3) is 2.49. The molecule has 0 amide bonds. The van der Waals surface area contributed by atoms with E-state index in [1.165, 1.54) is 0 Å². The zero-order valence-electron chi connectivity index (χ0n) is 9.92. The first kappa shape index (κ1) is 13.3. The average Bonchev–Trinajstić information content (AvgIpc) is 2.67. The van der Waals surface area contributed by atoms with Crippen molar-refractivity contribution in [1.82, 2.24) is 0 Å². The van der Waals surface area contributed by atoms with E-state index in [9.17, 15) is 19.2 Å². The molecule has 1 heterocycles. The third-order valence-corrected chi connectivity index (χ3v) is 3.58.